The van der Waals surface area contributed by atoms with E-state index in [0.29, 0.717) is 54.4 Å². The van der Waals surface area contributed by atoms with Gasteiger partial charge in [-0.3, -0.25) is 14.4 Å². The number of aliphatic hydroxyl groups excluding tert-OH is 1. The molecule has 9 heteroatoms. The molecule has 0 spiro atoms. The van der Waals surface area contributed by atoms with Gasteiger partial charge in [-0.25, -0.2) is 4.68 Å². The van der Waals surface area contributed by atoms with Gasteiger partial charge < -0.3 is 20.2 Å². The summed E-state index contributed by atoms with van der Waals surface area (Å²) in [5.41, 5.74) is 4.51. The third kappa shape index (κ3) is 6.85. The molecule has 2 aromatic carbocycles. The number of nitrogens with one attached hydrogen (secondary N) is 1. The van der Waals surface area contributed by atoms with Crippen LogP contribution < -0.4 is 5.32 Å². The molecule has 2 heterocycles. The van der Waals surface area contributed by atoms with Crippen molar-refractivity contribution in [1.29, 1.82) is 0 Å². The monoisotopic (exact) mass is 559 g/mol. The third-order valence-corrected chi connectivity index (χ3v) is 7.56. The number of hydrogen-bond donors (Lipinski definition) is 2. The number of benzene rings is 2. The van der Waals surface area contributed by atoms with E-state index in [4.69, 9.17) is 0 Å². The molecule has 0 unspecified atom stereocenters. The van der Waals surface area contributed by atoms with Gasteiger partial charge in [0.25, 0.3) is 11.8 Å². The van der Waals surface area contributed by atoms with Crippen molar-refractivity contribution in [2.75, 3.05) is 25.0 Å². The lowest BCUT2D eigenvalue weighted by Crippen LogP contribution is -2.46. The van der Waals surface area contributed by atoms with E-state index in [1.807, 2.05) is 36.1 Å². The van der Waals surface area contributed by atoms with Gasteiger partial charge in [-0.2, -0.15) is 5.10 Å². The Bertz CT molecular complexity index is 1390. The number of carbonyl (C=O) groups is 3. The fourth-order valence-electron chi connectivity index (χ4n) is 5.31. The van der Waals surface area contributed by atoms with Gasteiger partial charge in [-0.15, -0.1) is 0 Å². The van der Waals surface area contributed by atoms with E-state index in [0.717, 1.165) is 36.8 Å². The molecule has 2 N–H and O–H groups in total. The molecule has 0 saturated heterocycles. The summed E-state index contributed by atoms with van der Waals surface area (Å²) in [7, 11) is 0. The van der Waals surface area contributed by atoms with Crippen molar-refractivity contribution in [2.24, 2.45) is 0 Å². The van der Waals surface area contributed by atoms with Crippen LogP contribution in [0.3, 0.4) is 0 Å². The maximum absolute atomic E-state index is 14.2. The second-order valence-corrected chi connectivity index (χ2v) is 10.7. The number of nitrogens with zero attached hydrogens (tertiary/aromatic N) is 4. The first kappa shape index (κ1) is 30.0. The molecule has 0 aliphatic carbocycles. The van der Waals surface area contributed by atoms with E-state index in [2.05, 4.69) is 24.3 Å². The van der Waals surface area contributed by atoms with E-state index >= 15 is 0 Å². The summed E-state index contributed by atoms with van der Waals surface area (Å²) >= 11 is 0. The zero-order chi connectivity index (χ0) is 29.5. The van der Waals surface area contributed by atoms with Gasteiger partial charge in [-0.05, 0) is 61.6 Å². The number of fused-ring (bicyclic) bond motifs is 1. The standard InChI is InChI=1S/C32H41N5O4/c1-5-7-15-35(16-8-6-2)32(41)29-17-22(3)37(34-29)30-14-13-26(33-23(4)39)19-28(30)31(40)36-20-25-12-10-9-11-24(25)18-27(36)21-38/h9-14,17,19,27,38H,5-8,15-16,18,20-21H2,1-4H3,(H,33,39)/t27-/m0/s1. The minimum atomic E-state index is -0.392. The fraction of sp³-hybridized carbons (Fsp3) is 0.438. The van der Waals surface area contributed by atoms with Gasteiger partial charge in [-0.1, -0.05) is 51.0 Å². The van der Waals surface area contributed by atoms with Crippen LogP contribution >= 0.6 is 0 Å². The van der Waals surface area contributed by atoms with Crippen molar-refractivity contribution < 1.29 is 19.5 Å². The van der Waals surface area contributed by atoms with Crippen LogP contribution in [-0.4, -0.2) is 68.1 Å². The van der Waals surface area contributed by atoms with E-state index in [1.54, 1.807) is 33.8 Å². The fourth-order valence-corrected chi connectivity index (χ4v) is 5.31. The topological polar surface area (TPSA) is 108 Å². The van der Waals surface area contributed by atoms with Gasteiger partial charge in [0.1, 0.15) is 0 Å². The first-order chi connectivity index (χ1) is 19.8. The van der Waals surface area contributed by atoms with Crippen LogP contribution in [0.15, 0.2) is 48.5 Å². The number of hydrogen-bond acceptors (Lipinski definition) is 5. The molecule has 1 aliphatic heterocycles. The Kier molecular flexibility index (Phi) is 9.94. The Hall–Kier alpha value is -3.98. The average Bonchev–Trinajstić information content (AvgIpc) is 3.36. The van der Waals surface area contributed by atoms with E-state index in [-0.39, 0.29) is 24.3 Å². The van der Waals surface area contributed by atoms with Crippen molar-refractivity contribution in [3.05, 3.63) is 76.6 Å². The number of carbonyl (C=O) groups excluding carboxylic acids is 3. The molecule has 1 atom stereocenters. The van der Waals surface area contributed by atoms with Gasteiger partial charge >= 0.3 is 0 Å². The van der Waals surface area contributed by atoms with Crippen LogP contribution in [0.5, 0.6) is 0 Å². The molecule has 3 aromatic rings. The summed E-state index contributed by atoms with van der Waals surface area (Å²) in [6, 6.07) is 14.4. The number of aromatic nitrogens is 2. The Morgan fingerprint density at radius 1 is 1.02 bits per heavy atom. The molecule has 1 aliphatic rings. The van der Waals surface area contributed by atoms with Gasteiger partial charge in [0.15, 0.2) is 5.69 Å². The van der Waals surface area contributed by atoms with E-state index in [9.17, 15) is 19.5 Å². The summed E-state index contributed by atoms with van der Waals surface area (Å²) in [6.07, 6.45) is 4.37. The first-order valence-corrected chi connectivity index (χ1v) is 14.5. The highest BCUT2D eigenvalue weighted by molar-refractivity contribution is 6.00. The Labute approximate surface area is 242 Å². The van der Waals surface area contributed by atoms with E-state index in [1.165, 1.54) is 6.92 Å². The quantitative estimate of drug-likeness (QED) is 0.353. The van der Waals surface area contributed by atoms with Crippen LogP contribution in [-0.2, 0) is 17.8 Å². The predicted molar refractivity (Wildman–Crippen MR) is 159 cm³/mol. The lowest BCUT2D eigenvalue weighted by molar-refractivity contribution is -0.114. The summed E-state index contributed by atoms with van der Waals surface area (Å²) in [6.45, 7) is 9.01. The third-order valence-electron chi connectivity index (χ3n) is 7.56. The molecular formula is C32H41N5O4. The van der Waals surface area contributed by atoms with Crippen molar-refractivity contribution in [3.63, 3.8) is 0 Å². The largest absolute Gasteiger partial charge is 0.394 e. The molecule has 3 amide bonds. The molecule has 41 heavy (non-hydrogen) atoms. The normalized spacial score (nSPS) is 14.5. The number of aliphatic hydroxyl groups is 1. The molecule has 0 fully saturated rings. The molecule has 4 rings (SSSR count). The smallest absolute Gasteiger partial charge is 0.274 e. The molecule has 1 aromatic heterocycles. The minimum Gasteiger partial charge on any atom is -0.394 e. The predicted octanol–water partition coefficient (Wildman–Crippen LogP) is 4.74. The average molecular weight is 560 g/mol. The number of amides is 3. The lowest BCUT2D eigenvalue weighted by atomic mass is 9.93. The van der Waals surface area contributed by atoms with Crippen LogP contribution in [0.1, 0.15) is 84.1 Å². The number of aryl methyl sites for hydroxylation is 1. The molecular weight excluding hydrogens is 518 g/mol. The van der Waals surface area contributed by atoms with Gasteiger partial charge in [0.2, 0.25) is 5.91 Å². The molecule has 218 valence electrons. The Morgan fingerprint density at radius 3 is 2.34 bits per heavy atom. The molecule has 0 radical (unpaired) electrons. The van der Waals surface area contributed by atoms with Crippen molar-refractivity contribution in [1.82, 2.24) is 19.6 Å². The second kappa shape index (κ2) is 13.6. The van der Waals surface area contributed by atoms with Crippen LogP contribution in [0.25, 0.3) is 5.69 Å². The van der Waals surface area contributed by atoms with Crippen LogP contribution in [0.4, 0.5) is 5.69 Å². The van der Waals surface area contributed by atoms with Crippen molar-refractivity contribution in [3.8, 4) is 5.69 Å². The number of anilines is 1. The van der Waals surface area contributed by atoms with Gasteiger partial charge in [0.05, 0.1) is 23.9 Å². The summed E-state index contributed by atoms with van der Waals surface area (Å²) in [5.74, 6) is -0.654. The summed E-state index contributed by atoms with van der Waals surface area (Å²) < 4.78 is 1.63. The lowest BCUT2D eigenvalue weighted by Gasteiger charge is -2.36. The zero-order valence-electron chi connectivity index (χ0n) is 24.5. The first-order valence-electron chi connectivity index (χ1n) is 14.5. The highest BCUT2D eigenvalue weighted by atomic mass is 16.3. The number of rotatable bonds is 11. The molecule has 9 nitrogen and oxygen atoms in total. The molecule has 0 bridgehead atoms. The molecule has 0 saturated carbocycles. The Balaban J connectivity index is 1.74. The minimum absolute atomic E-state index is 0.121. The summed E-state index contributed by atoms with van der Waals surface area (Å²) in [4.78, 5) is 43.1. The second-order valence-electron chi connectivity index (χ2n) is 10.7. The number of unbranched alkanes of at least 4 members (excludes halogenated alkanes) is 2. The SMILES string of the molecule is CCCCN(CCCC)C(=O)c1cc(C)n(-c2ccc(NC(C)=O)cc2C(=O)N2Cc3ccccc3C[C@H]2CO)n1. The van der Waals surface area contributed by atoms with Crippen LogP contribution in [0, 0.1) is 6.92 Å². The Morgan fingerprint density at radius 2 is 1.71 bits per heavy atom. The maximum atomic E-state index is 14.2. The van der Waals surface area contributed by atoms with Crippen LogP contribution in [0.2, 0.25) is 0 Å². The maximum Gasteiger partial charge on any atom is 0.274 e. The van der Waals surface area contributed by atoms with E-state index < -0.39 is 6.04 Å². The zero-order valence-corrected chi connectivity index (χ0v) is 24.5. The van der Waals surface area contributed by atoms with Crippen molar-refractivity contribution in [2.45, 2.75) is 72.4 Å². The van der Waals surface area contributed by atoms with Crippen molar-refractivity contribution >= 4 is 23.4 Å². The summed E-state index contributed by atoms with van der Waals surface area (Å²) in [5, 5.41) is 17.7. The highest BCUT2D eigenvalue weighted by Crippen LogP contribution is 2.29. The van der Waals surface area contributed by atoms with Gasteiger partial charge in [0, 0.05) is 37.9 Å². The highest BCUT2D eigenvalue weighted by Gasteiger charge is 2.32.